The van der Waals surface area contributed by atoms with Crippen molar-refractivity contribution in [3.63, 3.8) is 0 Å². The average Bonchev–Trinajstić information content (AvgIpc) is 3.96. The molecule has 3 nitrogen and oxygen atoms in total. The molecule has 3 heterocycles. The number of benzene rings is 9. The highest BCUT2D eigenvalue weighted by atomic mass is 16.3. The van der Waals surface area contributed by atoms with E-state index in [2.05, 4.69) is 199 Å². The van der Waals surface area contributed by atoms with Crippen LogP contribution in [-0.4, -0.2) is 4.57 Å². The minimum absolute atomic E-state index is 0.0727. The molecule has 272 valence electrons. The van der Waals surface area contributed by atoms with Crippen LogP contribution < -0.4 is 0 Å². The molecule has 3 heteroatoms. The van der Waals surface area contributed by atoms with Gasteiger partial charge in [-0.15, -0.1) is 0 Å². The molecule has 3 aromatic heterocycles. The molecule has 12 rings (SSSR count). The third kappa shape index (κ3) is 5.14. The molecule has 0 aliphatic rings. The predicted octanol–water partition coefficient (Wildman–Crippen LogP) is 15.1. The van der Waals surface area contributed by atoms with E-state index in [0.717, 1.165) is 55.1 Å². The predicted molar refractivity (Wildman–Crippen MR) is 240 cm³/mol. The minimum Gasteiger partial charge on any atom is -0.456 e. The quantitative estimate of drug-likeness (QED) is 0.159. The number of rotatable bonds is 6. The number of fused-ring (bicyclic) bond motifs is 9. The fourth-order valence-electron chi connectivity index (χ4n) is 9.26. The first-order valence-corrected chi connectivity index (χ1v) is 19.9. The standard InChI is InChI=1S/C55H35NO2/c1-3-12-35(13-4-1)36-22-24-37(25-23-36)54(40-28-31-51-46(34-40)43-17-8-10-20-50(43)57-51)44-18-11-21-53-55(44)47-33-39(27-30-52(47)58-53)38-26-29-49-45(32-38)42-16-7-9-19-48(42)56(49)41-14-5-2-6-15-41/h1-34,54H. The highest BCUT2D eigenvalue weighted by Crippen LogP contribution is 2.44. The first-order chi connectivity index (χ1) is 28.7. The second-order valence-corrected chi connectivity index (χ2v) is 15.2. The lowest BCUT2D eigenvalue weighted by Gasteiger charge is -2.21. The Labute approximate surface area is 334 Å². The topological polar surface area (TPSA) is 31.2 Å². The molecular weight excluding hydrogens is 707 g/mol. The molecule has 12 aromatic rings. The van der Waals surface area contributed by atoms with Crippen LogP contribution in [0.3, 0.4) is 0 Å². The van der Waals surface area contributed by atoms with Gasteiger partial charge in [-0.2, -0.15) is 0 Å². The zero-order valence-corrected chi connectivity index (χ0v) is 31.5. The van der Waals surface area contributed by atoms with E-state index >= 15 is 0 Å². The molecule has 0 radical (unpaired) electrons. The highest BCUT2D eigenvalue weighted by molar-refractivity contribution is 6.12. The Morgan fingerprint density at radius 2 is 0.897 bits per heavy atom. The molecule has 0 bridgehead atoms. The van der Waals surface area contributed by atoms with Gasteiger partial charge in [-0.3, -0.25) is 0 Å². The van der Waals surface area contributed by atoms with Crippen LogP contribution in [0, 0.1) is 0 Å². The number of para-hydroxylation sites is 3. The molecule has 58 heavy (non-hydrogen) atoms. The van der Waals surface area contributed by atoms with Crippen LogP contribution in [0.1, 0.15) is 22.6 Å². The number of hydrogen-bond acceptors (Lipinski definition) is 2. The normalized spacial score (nSPS) is 12.4. The SMILES string of the molecule is c1ccc(-c2ccc(C(c3ccc4oc5ccccc5c4c3)c3cccc4oc5ccc(-c6ccc7c(c6)c6ccccc6n7-c6ccccc6)cc5c34)cc2)cc1. The van der Waals surface area contributed by atoms with Crippen LogP contribution in [-0.2, 0) is 0 Å². The van der Waals surface area contributed by atoms with E-state index in [9.17, 15) is 0 Å². The maximum absolute atomic E-state index is 6.66. The fourth-order valence-corrected chi connectivity index (χ4v) is 9.26. The van der Waals surface area contributed by atoms with Gasteiger partial charge in [-0.05, 0) is 106 Å². The monoisotopic (exact) mass is 741 g/mol. The summed E-state index contributed by atoms with van der Waals surface area (Å²) in [6, 6.07) is 74.0. The van der Waals surface area contributed by atoms with Gasteiger partial charge in [0.2, 0.25) is 0 Å². The third-order valence-corrected chi connectivity index (χ3v) is 11.9. The van der Waals surface area contributed by atoms with Crippen LogP contribution in [0.25, 0.3) is 93.6 Å². The zero-order valence-electron chi connectivity index (χ0n) is 31.5. The second-order valence-electron chi connectivity index (χ2n) is 15.2. The van der Waals surface area contributed by atoms with E-state index < -0.39 is 0 Å². The van der Waals surface area contributed by atoms with E-state index in [0.29, 0.717) is 0 Å². The van der Waals surface area contributed by atoms with Gasteiger partial charge in [0.25, 0.3) is 0 Å². The van der Waals surface area contributed by atoms with Crippen molar-refractivity contribution >= 4 is 65.7 Å². The van der Waals surface area contributed by atoms with Gasteiger partial charge in [0.15, 0.2) is 0 Å². The average molecular weight is 742 g/mol. The van der Waals surface area contributed by atoms with Crippen LogP contribution >= 0.6 is 0 Å². The summed E-state index contributed by atoms with van der Waals surface area (Å²) >= 11 is 0. The molecule has 0 amide bonds. The lowest BCUT2D eigenvalue weighted by molar-refractivity contribution is 0.668. The summed E-state index contributed by atoms with van der Waals surface area (Å²) in [5.41, 5.74) is 15.4. The van der Waals surface area contributed by atoms with E-state index in [1.165, 1.54) is 55.2 Å². The van der Waals surface area contributed by atoms with Crippen LogP contribution in [0.4, 0.5) is 0 Å². The first-order valence-electron chi connectivity index (χ1n) is 19.9. The Morgan fingerprint density at radius 1 is 0.328 bits per heavy atom. The third-order valence-electron chi connectivity index (χ3n) is 11.9. The minimum atomic E-state index is -0.0727. The summed E-state index contributed by atoms with van der Waals surface area (Å²) in [5, 5.41) is 6.96. The Balaban J connectivity index is 1.05. The summed E-state index contributed by atoms with van der Waals surface area (Å²) in [7, 11) is 0. The molecule has 1 unspecified atom stereocenters. The van der Waals surface area contributed by atoms with Crippen molar-refractivity contribution in [2.45, 2.75) is 5.92 Å². The van der Waals surface area contributed by atoms with Crippen molar-refractivity contribution in [3.8, 4) is 27.9 Å². The molecule has 0 aliphatic carbocycles. The maximum atomic E-state index is 6.66. The highest BCUT2D eigenvalue weighted by Gasteiger charge is 2.24. The number of aromatic nitrogens is 1. The largest absolute Gasteiger partial charge is 0.456 e. The van der Waals surface area contributed by atoms with Gasteiger partial charge in [0.05, 0.1) is 11.0 Å². The van der Waals surface area contributed by atoms with Crippen molar-refractivity contribution in [3.05, 3.63) is 223 Å². The molecule has 0 saturated heterocycles. The molecule has 0 N–H and O–H groups in total. The van der Waals surface area contributed by atoms with Gasteiger partial charge in [-0.1, -0.05) is 140 Å². The van der Waals surface area contributed by atoms with Crippen molar-refractivity contribution in [2.75, 3.05) is 0 Å². The second kappa shape index (κ2) is 13.0. The lowest BCUT2D eigenvalue weighted by atomic mass is 9.82. The molecule has 1 atom stereocenters. The summed E-state index contributed by atoms with van der Waals surface area (Å²) < 4.78 is 15.3. The molecule has 0 saturated carbocycles. The van der Waals surface area contributed by atoms with Gasteiger partial charge in [0.1, 0.15) is 22.3 Å². The number of nitrogens with zero attached hydrogens (tertiary/aromatic N) is 1. The molecule has 0 aliphatic heterocycles. The van der Waals surface area contributed by atoms with Crippen molar-refractivity contribution in [1.82, 2.24) is 4.57 Å². The Morgan fingerprint density at radius 3 is 1.74 bits per heavy atom. The molecular formula is C55H35NO2. The van der Waals surface area contributed by atoms with Crippen molar-refractivity contribution < 1.29 is 8.83 Å². The lowest BCUT2D eigenvalue weighted by Crippen LogP contribution is -2.04. The first kappa shape index (κ1) is 32.6. The van der Waals surface area contributed by atoms with Crippen molar-refractivity contribution in [1.29, 1.82) is 0 Å². The van der Waals surface area contributed by atoms with E-state index in [-0.39, 0.29) is 5.92 Å². The van der Waals surface area contributed by atoms with Crippen molar-refractivity contribution in [2.24, 2.45) is 0 Å². The summed E-state index contributed by atoms with van der Waals surface area (Å²) in [6.45, 7) is 0. The molecule has 9 aromatic carbocycles. The fraction of sp³-hybridized carbons (Fsp3) is 0.0182. The van der Waals surface area contributed by atoms with E-state index in [1.54, 1.807) is 0 Å². The summed E-state index contributed by atoms with van der Waals surface area (Å²) in [5.74, 6) is -0.0727. The molecule has 0 spiro atoms. The van der Waals surface area contributed by atoms with Gasteiger partial charge in [0, 0.05) is 43.9 Å². The van der Waals surface area contributed by atoms with Gasteiger partial charge < -0.3 is 13.4 Å². The molecule has 0 fully saturated rings. The van der Waals surface area contributed by atoms with Crippen LogP contribution in [0.15, 0.2) is 215 Å². The summed E-state index contributed by atoms with van der Waals surface area (Å²) in [4.78, 5) is 0. The Hall–Kier alpha value is -7.62. The van der Waals surface area contributed by atoms with Gasteiger partial charge >= 0.3 is 0 Å². The Bertz CT molecular complexity index is 3500. The maximum Gasteiger partial charge on any atom is 0.135 e. The Kier molecular flexibility index (Phi) is 7.29. The summed E-state index contributed by atoms with van der Waals surface area (Å²) in [6.07, 6.45) is 0. The zero-order chi connectivity index (χ0) is 38.2. The van der Waals surface area contributed by atoms with E-state index in [4.69, 9.17) is 8.83 Å². The van der Waals surface area contributed by atoms with Crippen LogP contribution in [0.5, 0.6) is 0 Å². The van der Waals surface area contributed by atoms with Crippen LogP contribution in [0.2, 0.25) is 0 Å². The smallest absolute Gasteiger partial charge is 0.135 e. The number of furan rings is 2. The van der Waals surface area contributed by atoms with E-state index in [1.807, 2.05) is 12.1 Å². The number of hydrogen-bond donors (Lipinski definition) is 0. The van der Waals surface area contributed by atoms with Gasteiger partial charge in [-0.25, -0.2) is 0 Å².